The third-order valence-corrected chi connectivity index (χ3v) is 5.43. The molecule has 0 spiro atoms. The van der Waals surface area contributed by atoms with Crippen molar-refractivity contribution in [3.63, 3.8) is 0 Å². The van der Waals surface area contributed by atoms with Crippen molar-refractivity contribution in [1.82, 2.24) is 19.8 Å². The first-order valence-electron chi connectivity index (χ1n) is 10.00. The van der Waals surface area contributed by atoms with E-state index in [-0.39, 0.29) is 5.91 Å². The van der Waals surface area contributed by atoms with Crippen molar-refractivity contribution in [2.45, 2.75) is 6.42 Å². The molecule has 148 valence electrons. The number of hydrogen-bond acceptors (Lipinski definition) is 6. The van der Waals surface area contributed by atoms with E-state index in [2.05, 4.69) is 44.0 Å². The van der Waals surface area contributed by atoms with E-state index in [0.29, 0.717) is 18.9 Å². The summed E-state index contributed by atoms with van der Waals surface area (Å²) < 4.78 is 5.39. The zero-order valence-corrected chi connectivity index (χ0v) is 16.2. The number of rotatable bonds is 5. The molecule has 2 aliphatic rings. The van der Waals surface area contributed by atoms with Crippen molar-refractivity contribution in [1.29, 1.82) is 0 Å². The minimum Gasteiger partial charge on any atom is -0.378 e. The standard InChI is InChI=1S/C21H27N5O2/c27-21(19-16-20(23-17-22-19)25-12-14-28-15-13-25)26-10-8-24(9-11-26)7-6-18-4-2-1-3-5-18/h1-5,16-17H,6-15H2. The summed E-state index contributed by atoms with van der Waals surface area (Å²) in [7, 11) is 0. The predicted octanol–water partition coefficient (Wildman–Crippen LogP) is 1.31. The van der Waals surface area contributed by atoms with Crippen molar-refractivity contribution in [2.75, 3.05) is 63.9 Å². The van der Waals surface area contributed by atoms with Crippen LogP contribution in [-0.2, 0) is 11.2 Å². The van der Waals surface area contributed by atoms with Gasteiger partial charge in [-0.3, -0.25) is 9.69 Å². The molecular weight excluding hydrogens is 354 g/mol. The second-order valence-corrected chi connectivity index (χ2v) is 7.23. The highest BCUT2D eigenvalue weighted by atomic mass is 16.5. The lowest BCUT2D eigenvalue weighted by Crippen LogP contribution is -2.49. The van der Waals surface area contributed by atoms with Crippen LogP contribution in [0, 0.1) is 0 Å². The molecule has 1 aromatic heterocycles. The summed E-state index contributed by atoms with van der Waals surface area (Å²) in [6, 6.07) is 12.4. The SMILES string of the molecule is O=C(c1cc(N2CCOCC2)ncn1)N1CCN(CCc2ccccc2)CC1. The number of ether oxygens (including phenoxy) is 1. The second-order valence-electron chi connectivity index (χ2n) is 7.23. The summed E-state index contributed by atoms with van der Waals surface area (Å²) >= 11 is 0. The molecule has 2 fully saturated rings. The quantitative estimate of drug-likeness (QED) is 0.778. The van der Waals surface area contributed by atoms with Gasteiger partial charge >= 0.3 is 0 Å². The number of benzene rings is 1. The molecule has 0 atom stereocenters. The molecule has 3 heterocycles. The Labute approximate surface area is 165 Å². The predicted molar refractivity (Wildman–Crippen MR) is 108 cm³/mol. The highest BCUT2D eigenvalue weighted by Crippen LogP contribution is 2.15. The lowest BCUT2D eigenvalue weighted by molar-refractivity contribution is 0.0632. The molecule has 7 nitrogen and oxygen atoms in total. The number of carbonyl (C=O) groups excluding carboxylic acids is 1. The Bertz CT molecular complexity index is 771. The van der Waals surface area contributed by atoms with Crippen molar-refractivity contribution < 1.29 is 9.53 Å². The Hall–Kier alpha value is -2.51. The van der Waals surface area contributed by atoms with Crippen molar-refractivity contribution in [2.24, 2.45) is 0 Å². The largest absolute Gasteiger partial charge is 0.378 e. The van der Waals surface area contributed by atoms with Gasteiger partial charge in [-0.15, -0.1) is 0 Å². The van der Waals surface area contributed by atoms with Gasteiger partial charge in [0.1, 0.15) is 17.8 Å². The third kappa shape index (κ3) is 4.66. The Balaban J connectivity index is 1.30. The van der Waals surface area contributed by atoms with Gasteiger partial charge < -0.3 is 14.5 Å². The molecule has 28 heavy (non-hydrogen) atoms. The number of piperazine rings is 1. The first kappa shape index (κ1) is 18.8. The summed E-state index contributed by atoms with van der Waals surface area (Å²) in [5.74, 6) is 0.808. The molecule has 4 rings (SSSR count). The maximum absolute atomic E-state index is 12.9. The van der Waals surface area contributed by atoms with Crippen LogP contribution in [0.15, 0.2) is 42.7 Å². The van der Waals surface area contributed by atoms with Crippen LogP contribution >= 0.6 is 0 Å². The fourth-order valence-electron chi connectivity index (χ4n) is 3.70. The number of nitrogens with zero attached hydrogens (tertiary/aromatic N) is 5. The normalized spacial score (nSPS) is 18.3. The van der Waals surface area contributed by atoms with Gasteiger partial charge in [-0.25, -0.2) is 9.97 Å². The average molecular weight is 381 g/mol. The third-order valence-electron chi connectivity index (χ3n) is 5.43. The van der Waals surface area contributed by atoms with E-state index in [1.807, 2.05) is 17.0 Å². The molecule has 1 aromatic carbocycles. The maximum atomic E-state index is 12.9. The number of morpholine rings is 1. The van der Waals surface area contributed by atoms with Gasteiger partial charge in [0.15, 0.2) is 0 Å². The van der Waals surface area contributed by atoms with Crippen molar-refractivity contribution in [3.05, 3.63) is 54.0 Å². The van der Waals surface area contributed by atoms with Crippen LogP contribution < -0.4 is 4.90 Å². The highest BCUT2D eigenvalue weighted by Gasteiger charge is 2.24. The summed E-state index contributed by atoms with van der Waals surface area (Å²) in [6.45, 7) is 7.29. The molecule has 0 unspecified atom stereocenters. The second kappa shape index (κ2) is 9.12. The van der Waals surface area contributed by atoms with E-state index < -0.39 is 0 Å². The van der Waals surface area contributed by atoms with Gasteiger partial charge in [0.25, 0.3) is 5.91 Å². The molecule has 0 radical (unpaired) electrons. The van der Waals surface area contributed by atoms with Crippen LogP contribution in [0.25, 0.3) is 0 Å². The molecule has 7 heteroatoms. The molecule has 0 N–H and O–H groups in total. The van der Waals surface area contributed by atoms with Gasteiger partial charge in [0, 0.05) is 51.9 Å². The smallest absolute Gasteiger partial charge is 0.272 e. The Morgan fingerprint density at radius 3 is 2.46 bits per heavy atom. The van der Waals surface area contributed by atoms with Gasteiger partial charge in [0.05, 0.1) is 13.2 Å². The molecule has 2 aliphatic heterocycles. The van der Waals surface area contributed by atoms with Gasteiger partial charge in [0.2, 0.25) is 0 Å². The van der Waals surface area contributed by atoms with E-state index in [0.717, 1.165) is 58.1 Å². The van der Waals surface area contributed by atoms with Gasteiger partial charge in [-0.05, 0) is 12.0 Å². The van der Waals surface area contributed by atoms with Crippen LogP contribution in [0.2, 0.25) is 0 Å². The molecule has 0 saturated carbocycles. The number of carbonyl (C=O) groups is 1. The zero-order chi connectivity index (χ0) is 19.2. The van der Waals surface area contributed by atoms with E-state index >= 15 is 0 Å². The molecule has 2 saturated heterocycles. The Morgan fingerprint density at radius 2 is 1.71 bits per heavy atom. The number of aromatic nitrogens is 2. The topological polar surface area (TPSA) is 61.8 Å². The number of hydrogen-bond donors (Lipinski definition) is 0. The van der Waals surface area contributed by atoms with Crippen LogP contribution in [0.4, 0.5) is 5.82 Å². The first-order chi connectivity index (χ1) is 13.8. The lowest BCUT2D eigenvalue weighted by Gasteiger charge is -2.34. The van der Waals surface area contributed by atoms with Crippen LogP contribution in [0.1, 0.15) is 16.1 Å². The fraction of sp³-hybridized carbons (Fsp3) is 0.476. The van der Waals surface area contributed by atoms with Crippen LogP contribution in [0.3, 0.4) is 0 Å². The minimum atomic E-state index is -0.000353. The molecule has 1 amide bonds. The average Bonchev–Trinajstić information content (AvgIpc) is 2.79. The van der Waals surface area contributed by atoms with Crippen molar-refractivity contribution in [3.8, 4) is 0 Å². The monoisotopic (exact) mass is 381 g/mol. The molecule has 0 bridgehead atoms. The van der Waals surface area contributed by atoms with E-state index in [1.54, 1.807) is 0 Å². The summed E-state index contributed by atoms with van der Waals surface area (Å²) in [6.07, 6.45) is 2.54. The number of anilines is 1. The van der Waals surface area contributed by atoms with Gasteiger partial charge in [-0.1, -0.05) is 30.3 Å². The van der Waals surface area contributed by atoms with Crippen LogP contribution in [-0.4, -0.2) is 84.7 Å². The zero-order valence-electron chi connectivity index (χ0n) is 16.2. The summed E-state index contributed by atoms with van der Waals surface area (Å²) in [5, 5.41) is 0. The summed E-state index contributed by atoms with van der Waals surface area (Å²) in [5.41, 5.74) is 1.84. The molecule has 0 aliphatic carbocycles. The lowest BCUT2D eigenvalue weighted by atomic mass is 10.1. The van der Waals surface area contributed by atoms with E-state index in [1.165, 1.54) is 11.9 Å². The summed E-state index contributed by atoms with van der Waals surface area (Å²) in [4.78, 5) is 27.9. The fourth-order valence-corrected chi connectivity index (χ4v) is 3.70. The van der Waals surface area contributed by atoms with E-state index in [9.17, 15) is 4.79 Å². The van der Waals surface area contributed by atoms with Gasteiger partial charge in [-0.2, -0.15) is 0 Å². The molecule has 2 aromatic rings. The Kier molecular flexibility index (Phi) is 6.14. The minimum absolute atomic E-state index is 0.000353. The van der Waals surface area contributed by atoms with Crippen molar-refractivity contribution >= 4 is 11.7 Å². The van der Waals surface area contributed by atoms with Crippen LogP contribution in [0.5, 0.6) is 0 Å². The molecular formula is C21H27N5O2. The first-order valence-corrected chi connectivity index (χ1v) is 10.00. The number of amides is 1. The Morgan fingerprint density at radius 1 is 0.964 bits per heavy atom. The van der Waals surface area contributed by atoms with E-state index in [4.69, 9.17) is 4.74 Å². The maximum Gasteiger partial charge on any atom is 0.272 e. The highest BCUT2D eigenvalue weighted by molar-refractivity contribution is 5.93.